The Morgan fingerprint density at radius 3 is 2.90 bits per heavy atom. The molecular weight excluding hydrogens is 276 g/mol. The Hall–Kier alpha value is -1.73. The molecule has 0 spiro atoms. The van der Waals surface area contributed by atoms with Gasteiger partial charge in [-0.05, 0) is 37.7 Å². The molecule has 0 aliphatic heterocycles. The number of nitrogens with one attached hydrogen (secondary N) is 1. The quantitative estimate of drug-likeness (QED) is 0.877. The number of H-pyrrole nitrogens is 1. The Balaban J connectivity index is 2.45. The van der Waals surface area contributed by atoms with E-state index in [0.717, 1.165) is 16.2 Å². The Morgan fingerprint density at radius 2 is 2.30 bits per heavy atom. The molecule has 2 rings (SSSR count). The van der Waals surface area contributed by atoms with Gasteiger partial charge in [0.2, 0.25) is 0 Å². The van der Waals surface area contributed by atoms with Crippen LogP contribution in [0.2, 0.25) is 0 Å². The van der Waals surface area contributed by atoms with Gasteiger partial charge in [0.1, 0.15) is 5.75 Å². The lowest BCUT2D eigenvalue weighted by molar-refractivity contribution is 0.405. The third kappa shape index (κ3) is 2.73. The summed E-state index contributed by atoms with van der Waals surface area (Å²) in [5.41, 5.74) is 6.74. The molecule has 0 aliphatic carbocycles. The van der Waals surface area contributed by atoms with Crippen LogP contribution in [0.15, 0.2) is 33.0 Å². The number of methoxy groups -OCH3 is 1. The van der Waals surface area contributed by atoms with Crippen LogP contribution < -0.4 is 16.2 Å². The highest BCUT2D eigenvalue weighted by Gasteiger charge is 2.16. The maximum Gasteiger partial charge on any atom is 0.343 e. The van der Waals surface area contributed by atoms with E-state index in [4.69, 9.17) is 10.5 Å². The molecule has 0 fully saturated rings. The van der Waals surface area contributed by atoms with E-state index in [2.05, 4.69) is 10.2 Å². The van der Waals surface area contributed by atoms with Crippen molar-refractivity contribution in [3.63, 3.8) is 0 Å². The van der Waals surface area contributed by atoms with Crippen molar-refractivity contribution in [3.8, 4) is 5.75 Å². The van der Waals surface area contributed by atoms with Gasteiger partial charge in [-0.3, -0.25) is 4.57 Å². The second kappa shape index (κ2) is 6.15. The van der Waals surface area contributed by atoms with Crippen LogP contribution >= 0.6 is 11.8 Å². The summed E-state index contributed by atoms with van der Waals surface area (Å²) in [6.07, 6.45) is 0. The first-order chi connectivity index (χ1) is 9.58. The van der Waals surface area contributed by atoms with Crippen LogP contribution in [0.1, 0.15) is 25.5 Å². The number of ether oxygens (including phenoxy) is 1. The second-order valence-electron chi connectivity index (χ2n) is 4.32. The van der Waals surface area contributed by atoms with Gasteiger partial charge >= 0.3 is 5.69 Å². The molecule has 2 aromatic rings. The minimum absolute atomic E-state index is 0.172. The number of nitrogens with zero attached hydrogens (tertiary/aromatic N) is 2. The van der Waals surface area contributed by atoms with Gasteiger partial charge in [0.25, 0.3) is 0 Å². The molecule has 20 heavy (non-hydrogen) atoms. The van der Waals surface area contributed by atoms with Gasteiger partial charge in [-0.25, -0.2) is 9.89 Å². The number of nitrogens with two attached hydrogens (primary N) is 1. The molecule has 3 N–H and O–H groups in total. The normalized spacial score (nSPS) is 12.4. The summed E-state index contributed by atoms with van der Waals surface area (Å²) in [5.74, 6) is 0.742. The second-order valence-corrected chi connectivity index (χ2v) is 5.33. The van der Waals surface area contributed by atoms with Crippen molar-refractivity contribution in [1.29, 1.82) is 0 Å². The predicted molar refractivity (Wildman–Crippen MR) is 78.2 cm³/mol. The standard InChI is InChI=1S/C13H18N4O2S/c1-4-17-12(18)15-16-13(17)20-10-7-5-6-9(19-3)11(10)8(2)14/h5-8H,4,14H2,1-3H3,(H,15,18)/t8-/m0/s1. The summed E-state index contributed by atoms with van der Waals surface area (Å²) in [6, 6.07) is 5.55. The predicted octanol–water partition coefficient (Wildman–Crippen LogP) is 1.77. The van der Waals surface area contributed by atoms with E-state index in [9.17, 15) is 4.79 Å². The average molecular weight is 294 g/mol. The maximum atomic E-state index is 11.6. The number of aromatic nitrogens is 3. The molecule has 0 saturated heterocycles. The Bertz CT molecular complexity index is 648. The molecule has 0 saturated carbocycles. The molecule has 0 amide bonds. The van der Waals surface area contributed by atoms with E-state index < -0.39 is 0 Å². The van der Waals surface area contributed by atoms with Gasteiger partial charge in [0, 0.05) is 23.0 Å². The molecule has 6 nitrogen and oxygen atoms in total. The smallest absolute Gasteiger partial charge is 0.343 e. The van der Waals surface area contributed by atoms with Crippen LogP contribution in [0.3, 0.4) is 0 Å². The highest BCUT2D eigenvalue weighted by Crippen LogP contribution is 2.36. The van der Waals surface area contributed by atoms with Gasteiger partial charge < -0.3 is 10.5 Å². The van der Waals surface area contributed by atoms with Crippen LogP contribution in [0.5, 0.6) is 5.75 Å². The average Bonchev–Trinajstić information content (AvgIpc) is 2.78. The van der Waals surface area contributed by atoms with Crippen molar-refractivity contribution >= 4 is 11.8 Å². The molecule has 0 aliphatic rings. The van der Waals surface area contributed by atoms with E-state index in [1.54, 1.807) is 11.7 Å². The van der Waals surface area contributed by atoms with Gasteiger partial charge in [-0.1, -0.05) is 6.07 Å². The largest absolute Gasteiger partial charge is 0.496 e. The van der Waals surface area contributed by atoms with Crippen molar-refractivity contribution in [2.75, 3.05) is 7.11 Å². The van der Waals surface area contributed by atoms with Gasteiger partial charge in [0.05, 0.1) is 7.11 Å². The lowest BCUT2D eigenvalue weighted by Gasteiger charge is -2.16. The summed E-state index contributed by atoms with van der Waals surface area (Å²) in [6.45, 7) is 4.37. The van der Waals surface area contributed by atoms with Crippen molar-refractivity contribution in [1.82, 2.24) is 14.8 Å². The molecule has 1 aromatic carbocycles. The third-order valence-corrected chi connectivity index (χ3v) is 4.01. The zero-order valence-electron chi connectivity index (χ0n) is 11.7. The van der Waals surface area contributed by atoms with E-state index in [-0.39, 0.29) is 11.7 Å². The van der Waals surface area contributed by atoms with Crippen molar-refractivity contribution < 1.29 is 4.74 Å². The monoisotopic (exact) mass is 294 g/mol. The number of hydrogen-bond donors (Lipinski definition) is 2. The molecule has 0 unspecified atom stereocenters. The molecule has 0 bridgehead atoms. The van der Waals surface area contributed by atoms with Gasteiger partial charge in [-0.2, -0.15) is 0 Å². The van der Waals surface area contributed by atoms with Gasteiger partial charge in [0.15, 0.2) is 5.16 Å². The fraction of sp³-hybridized carbons (Fsp3) is 0.385. The SMILES string of the molecule is CCn1c(Sc2cccc(OC)c2[C@H](C)N)n[nH]c1=O. The number of rotatable bonds is 5. The molecule has 0 radical (unpaired) electrons. The first-order valence-corrected chi connectivity index (χ1v) is 7.15. The maximum absolute atomic E-state index is 11.6. The van der Waals surface area contributed by atoms with E-state index in [1.807, 2.05) is 32.0 Å². The Labute approximate surface area is 121 Å². The van der Waals surface area contributed by atoms with Crippen LogP contribution in [0, 0.1) is 0 Å². The van der Waals surface area contributed by atoms with Crippen molar-refractivity contribution in [2.24, 2.45) is 5.73 Å². The molecular formula is C13H18N4O2S. The van der Waals surface area contributed by atoms with Crippen LogP contribution in [0.25, 0.3) is 0 Å². The summed E-state index contributed by atoms with van der Waals surface area (Å²) in [7, 11) is 1.62. The molecule has 1 atom stereocenters. The Morgan fingerprint density at radius 1 is 1.55 bits per heavy atom. The van der Waals surface area contributed by atoms with Crippen LogP contribution in [0.4, 0.5) is 0 Å². The number of benzene rings is 1. The molecule has 1 heterocycles. The number of aromatic amines is 1. The van der Waals surface area contributed by atoms with Crippen molar-refractivity contribution in [2.45, 2.75) is 36.5 Å². The van der Waals surface area contributed by atoms with E-state index in [1.165, 1.54) is 11.8 Å². The molecule has 108 valence electrons. The van der Waals surface area contributed by atoms with E-state index in [0.29, 0.717) is 11.7 Å². The third-order valence-electron chi connectivity index (χ3n) is 2.94. The van der Waals surface area contributed by atoms with Crippen LogP contribution in [-0.4, -0.2) is 21.9 Å². The summed E-state index contributed by atoms with van der Waals surface area (Å²) < 4.78 is 6.94. The summed E-state index contributed by atoms with van der Waals surface area (Å²) >= 11 is 1.40. The minimum Gasteiger partial charge on any atom is -0.496 e. The molecule has 1 aromatic heterocycles. The van der Waals surface area contributed by atoms with Crippen LogP contribution in [-0.2, 0) is 6.54 Å². The lowest BCUT2D eigenvalue weighted by atomic mass is 10.1. The topological polar surface area (TPSA) is 85.9 Å². The zero-order valence-corrected chi connectivity index (χ0v) is 12.5. The minimum atomic E-state index is -0.208. The Kier molecular flexibility index (Phi) is 4.51. The van der Waals surface area contributed by atoms with Crippen molar-refractivity contribution in [3.05, 3.63) is 34.2 Å². The molecule has 7 heteroatoms. The highest BCUT2D eigenvalue weighted by atomic mass is 32.2. The first kappa shape index (κ1) is 14.7. The fourth-order valence-electron chi connectivity index (χ4n) is 2.00. The number of hydrogen-bond acceptors (Lipinski definition) is 5. The fourth-order valence-corrected chi connectivity index (χ4v) is 3.15. The lowest BCUT2D eigenvalue weighted by Crippen LogP contribution is -2.16. The van der Waals surface area contributed by atoms with Gasteiger partial charge in [-0.15, -0.1) is 5.10 Å². The summed E-state index contributed by atoms with van der Waals surface area (Å²) in [4.78, 5) is 12.5. The first-order valence-electron chi connectivity index (χ1n) is 6.34. The summed E-state index contributed by atoms with van der Waals surface area (Å²) in [5, 5.41) is 7.12. The highest BCUT2D eigenvalue weighted by molar-refractivity contribution is 7.99. The zero-order chi connectivity index (χ0) is 14.7. The van der Waals surface area contributed by atoms with E-state index >= 15 is 0 Å².